The molecule has 0 saturated carbocycles. The molecule has 0 heterocycles. The van der Waals surface area contributed by atoms with Gasteiger partial charge in [0, 0.05) is 18.3 Å². The van der Waals surface area contributed by atoms with Crippen LogP contribution in [0.3, 0.4) is 0 Å². The van der Waals surface area contributed by atoms with Gasteiger partial charge in [0.25, 0.3) is 0 Å². The van der Waals surface area contributed by atoms with Crippen LogP contribution in [-0.4, -0.2) is 16.8 Å². The number of nitrogen functional groups attached to an aromatic ring is 1. The van der Waals surface area contributed by atoms with Crippen LogP contribution in [0.1, 0.15) is 26.3 Å². The summed E-state index contributed by atoms with van der Waals surface area (Å²) in [5.41, 5.74) is 6.20. The summed E-state index contributed by atoms with van der Waals surface area (Å²) in [5, 5.41) is 11.9. The highest BCUT2D eigenvalue weighted by Gasteiger charge is 2.15. The third-order valence-corrected chi connectivity index (χ3v) is 1.84. The quantitative estimate of drug-likeness (QED) is 0.688. The number of phenolic OH excluding ortho intramolecular Hbond substituents is 1. The standard InChI is InChI=1S/C12H18N2O3/c1-12(2,3)17-11(16)14-7-8-4-9(13)6-10(15)5-8/h4-6,15H,7,13H2,1-3H3,(H,14,16). The van der Waals surface area contributed by atoms with Gasteiger partial charge in [0.15, 0.2) is 0 Å². The molecule has 0 aliphatic rings. The van der Waals surface area contributed by atoms with E-state index in [0.717, 1.165) is 0 Å². The predicted molar refractivity (Wildman–Crippen MR) is 65.6 cm³/mol. The average Bonchev–Trinajstić information content (AvgIpc) is 2.10. The van der Waals surface area contributed by atoms with Crippen LogP contribution >= 0.6 is 0 Å². The van der Waals surface area contributed by atoms with Gasteiger partial charge in [-0.05, 0) is 38.5 Å². The fourth-order valence-electron chi connectivity index (χ4n) is 1.29. The third kappa shape index (κ3) is 5.10. The topological polar surface area (TPSA) is 84.6 Å². The van der Waals surface area contributed by atoms with Gasteiger partial charge in [0.05, 0.1) is 0 Å². The first-order chi connectivity index (χ1) is 7.76. The van der Waals surface area contributed by atoms with Crippen LogP contribution in [0.25, 0.3) is 0 Å². The number of nitrogens with one attached hydrogen (secondary N) is 1. The zero-order valence-corrected chi connectivity index (χ0v) is 10.3. The molecule has 0 aliphatic carbocycles. The number of rotatable bonds is 2. The predicted octanol–water partition coefficient (Wildman–Crippen LogP) is 2.00. The van der Waals surface area contributed by atoms with Crippen LogP contribution in [-0.2, 0) is 11.3 Å². The Kier molecular flexibility index (Phi) is 3.83. The number of anilines is 1. The van der Waals surface area contributed by atoms with Crippen molar-refractivity contribution < 1.29 is 14.6 Å². The van der Waals surface area contributed by atoms with Crippen molar-refractivity contribution in [2.45, 2.75) is 32.9 Å². The summed E-state index contributed by atoms with van der Waals surface area (Å²) in [6.45, 7) is 5.63. The fourth-order valence-corrected chi connectivity index (χ4v) is 1.29. The van der Waals surface area contributed by atoms with Gasteiger partial charge in [0.2, 0.25) is 0 Å². The van der Waals surface area contributed by atoms with Crippen molar-refractivity contribution in [3.05, 3.63) is 23.8 Å². The lowest BCUT2D eigenvalue weighted by molar-refractivity contribution is 0.0523. The van der Waals surface area contributed by atoms with E-state index in [2.05, 4.69) is 5.32 Å². The molecule has 0 fully saturated rings. The highest BCUT2D eigenvalue weighted by Crippen LogP contribution is 2.17. The number of carbonyl (C=O) groups excluding carboxylic acids is 1. The van der Waals surface area contributed by atoms with Crippen molar-refractivity contribution in [1.29, 1.82) is 0 Å². The number of hydrogen-bond donors (Lipinski definition) is 3. The first-order valence-corrected chi connectivity index (χ1v) is 5.31. The number of ether oxygens (including phenoxy) is 1. The Morgan fingerprint density at radius 2 is 2.06 bits per heavy atom. The molecule has 0 saturated heterocycles. The Labute approximate surface area is 101 Å². The van der Waals surface area contributed by atoms with Gasteiger partial charge in [0.1, 0.15) is 11.4 Å². The molecule has 1 aromatic carbocycles. The van der Waals surface area contributed by atoms with E-state index in [0.29, 0.717) is 11.3 Å². The Morgan fingerprint density at radius 3 is 2.59 bits per heavy atom. The lowest BCUT2D eigenvalue weighted by Crippen LogP contribution is -2.32. The van der Waals surface area contributed by atoms with Crippen LogP contribution in [0.5, 0.6) is 5.75 Å². The third-order valence-electron chi connectivity index (χ3n) is 1.84. The van der Waals surface area contributed by atoms with E-state index in [1.807, 2.05) is 0 Å². The van der Waals surface area contributed by atoms with Gasteiger partial charge in [-0.15, -0.1) is 0 Å². The van der Waals surface area contributed by atoms with Gasteiger partial charge in [-0.1, -0.05) is 0 Å². The van der Waals surface area contributed by atoms with Crippen molar-refractivity contribution in [1.82, 2.24) is 5.32 Å². The first-order valence-electron chi connectivity index (χ1n) is 5.31. The zero-order chi connectivity index (χ0) is 13.1. The van der Waals surface area contributed by atoms with Crippen LogP contribution in [0.2, 0.25) is 0 Å². The molecule has 0 unspecified atom stereocenters. The number of nitrogens with two attached hydrogens (primary N) is 1. The molecule has 1 aromatic rings. The molecule has 5 heteroatoms. The second kappa shape index (κ2) is 4.95. The number of benzene rings is 1. The molecule has 17 heavy (non-hydrogen) atoms. The molecule has 0 radical (unpaired) electrons. The second-order valence-corrected chi connectivity index (χ2v) is 4.79. The van der Waals surface area contributed by atoms with E-state index >= 15 is 0 Å². The Hall–Kier alpha value is -1.91. The summed E-state index contributed by atoms with van der Waals surface area (Å²) in [6, 6.07) is 4.65. The van der Waals surface area contributed by atoms with E-state index in [-0.39, 0.29) is 12.3 Å². The van der Waals surface area contributed by atoms with Gasteiger partial charge in [-0.25, -0.2) is 4.79 Å². The van der Waals surface area contributed by atoms with Gasteiger partial charge in [-0.3, -0.25) is 0 Å². The van der Waals surface area contributed by atoms with E-state index in [4.69, 9.17) is 10.5 Å². The summed E-state index contributed by atoms with van der Waals surface area (Å²) in [6.07, 6.45) is -0.501. The number of aromatic hydroxyl groups is 1. The second-order valence-electron chi connectivity index (χ2n) is 4.79. The number of carbonyl (C=O) groups is 1. The lowest BCUT2D eigenvalue weighted by atomic mass is 10.2. The molecular formula is C12H18N2O3. The Bertz CT molecular complexity index is 390. The van der Waals surface area contributed by atoms with Crippen molar-refractivity contribution in [3.63, 3.8) is 0 Å². The highest BCUT2D eigenvalue weighted by atomic mass is 16.6. The van der Waals surface area contributed by atoms with E-state index < -0.39 is 11.7 Å². The maximum Gasteiger partial charge on any atom is 0.407 e. The molecule has 0 atom stereocenters. The van der Waals surface area contributed by atoms with Crippen LogP contribution < -0.4 is 11.1 Å². The molecule has 4 N–H and O–H groups in total. The van der Waals surface area contributed by atoms with Crippen molar-refractivity contribution in [2.24, 2.45) is 0 Å². The highest BCUT2D eigenvalue weighted by molar-refractivity contribution is 5.67. The molecule has 5 nitrogen and oxygen atoms in total. The monoisotopic (exact) mass is 238 g/mol. The molecule has 0 bridgehead atoms. The lowest BCUT2D eigenvalue weighted by Gasteiger charge is -2.19. The zero-order valence-electron chi connectivity index (χ0n) is 10.3. The molecule has 0 spiro atoms. The molecule has 0 aromatic heterocycles. The van der Waals surface area contributed by atoms with Crippen LogP contribution in [0.4, 0.5) is 10.5 Å². The van der Waals surface area contributed by atoms with E-state index in [1.165, 1.54) is 12.1 Å². The van der Waals surface area contributed by atoms with Gasteiger partial charge < -0.3 is 20.9 Å². The smallest absolute Gasteiger partial charge is 0.407 e. The molecule has 0 aliphatic heterocycles. The first kappa shape index (κ1) is 13.2. The van der Waals surface area contributed by atoms with Crippen molar-refractivity contribution in [2.75, 3.05) is 5.73 Å². The molecular weight excluding hydrogens is 220 g/mol. The number of hydrogen-bond acceptors (Lipinski definition) is 4. The molecule has 94 valence electrons. The normalized spacial score (nSPS) is 11.0. The number of amides is 1. The summed E-state index contributed by atoms with van der Waals surface area (Å²) in [5.74, 6) is 0.0750. The Morgan fingerprint density at radius 1 is 1.41 bits per heavy atom. The molecule has 1 amide bonds. The minimum absolute atomic E-state index is 0.0750. The van der Waals surface area contributed by atoms with Gasteiger partial charge >= 0.3 is 6.09 Å². The summed E-state index contributed by atoms with van der Waals surface area (Å²) in [4.78, 5) is 11.4. The van der Waals surface area contributed by atoms with Gasteiger partial charge in [-0.2, -0.15) is 0 Å². The number of alkyl carbamates (subject to hydrolysis) is 1. The van der Waals surface area contributed by atoms with Crippen LogP contribution in [0, 0.1) is 0 Å². The minimum atomic E-state index is -0.526. The fraction of sp³-hybridized carbons (Fsp3) is 0.417. The summed E-state index contributed by atoms with van der Waals surface area (Å²) < 4.78 is 5.08. The van der Waals surface area contributed by atoms with Crippen LogP contribution in [0.15, 0.2) is 18.2 Å². The largest absolute Gasteiger partial charge is 0.508 e. The number of phenols is 1. The minimum Gasteiger partial charge on any atom is -0.508 e. The van der Waals surface area contributed by atoms with E-state index in [1.54, 1.807) is 26.8 Å². The van der Waals surface area contributed by atoms with Crippen molar-refractivity contribution >= 4 is 11.8 Å². The Balaban J connectivity index is 2.53. The maximum atomic E-state index is 11.4. The summed E-state index contributed by atoms with van der Waals surface area (Å²) in [7, 11) is 0. The van der Waals surface area contributed by atoms with Crippen molar-refractivity contribution in [3.8, 4) is 5.75 Å². The summed E-state index contributed by atoms with van der Waals surface area (Å²) >= 11 is 0. The molecule has 1 rings (SSSR count). The maximum absolute atomic E-state index is 11.4. The van der Waals surface area contributed by atoms with E-state index in [9.17, 15) is 9.90 Å². The SMILES string of the molecule is CC(C)(C)OC(=O)NCc1cc(N)cc(O)c1. The average molecular weight is 238 g/mol.